The average molecular weight is 572 g/mol. The molecular weight excluding hydrogens is 537 g/mol. The summed E-state index contributed by atoms with van der Waals surface area (Å²) < 4.78 is 25.7. The van der Waals surface area contributed by atoms with Crippen molar-refractivity contribution in [3.63, 3.8) is 0 Å². The molecule has 0 saturated carbocycles. The summed E-state index contributed by atoms with van der Waals surface area (Å²) in [5.41, 5.74) is 2.33. The molecule has 3 rings (SSSR count). The normalized spacial score (nSPS) is 15.5. The van der Waals surface area contributed by atoms with Crippen molar-refractivity contribution >= 4 is 40.0 Å². The minimum absolute atomic E-state index is 0. The number of sulfonamides is 1. The van der Waals surface area contributed by atoms with E-state index in [9.17, 15) is 8.42 Å². The van der Waals surface area contributed by atoms with E-state index in [0.29, 0.717) is 11.4 Å². The van der Waals surface area contributed by atoms with Crippen molar-refractivity contribution in [2.45, 2.75) is 24.9 Å². The summed E-state index contributed by atoms with van der Waals surface area (Å²) in [6.45, 7) is 8.22. The van der Waals surface area contributed by atoms with Gasteiger partial charge in [0.25, 0.3) is 0 Å². The number of benzene rings is 2. The molecule has 0 amide bonds. The van der Waals surface area contributed by atoms with Crippen LogP contribution in [0.3, 0.4) is 0 Å². The Morgan fingerprint density at radius 3 is 2.16 bits per heavy atom. The summed E-state index contributed by atoms with van der Waals surface area (Å²) in [6.07, 6.45) is 0. The van der Waals surface area contributed by atoms with E-state index >= 15 is 0 Å². The van der Waals surface area contributed by atoms with E-state index in [1.807, 2.05) is 12.1 Å². The molecule has 0 aliphatic carbocycles. The minimum atomic E-state index is -3.41. The zero-order valence-electron chi connectivity index (χ0n) is 19.1. The summed E-state index contributed by atoms with van der Waals surface area (Å²) in [6, 6.07) is 17.5. The van der Waals surface area contributed by atoms with Crippen molar-refractivity contribution in [1.82, 2.24) is 19.4 Å². The highest BCUT2D eigenvalue weighted by Crippen LogP contribution is 2.15. The summed E-state index contributed by atoms with van der Waals surface area (Å²) in [5.74, 6) is 0.909. The molecule has 9 heteroatoms. The Morgan fingerprint density at radius 1 is 0.969 bits per heavy atom. The molecule has 1 aliphatic heterocycles. The molecule has 1 fully saturated rings. The van der Waals surface area contributed by atoms with Crippen molar-refractivity contribution < 1.29 is 8.42 Å². The van der Waals surface area contributed by atoms with E-state index < -0.39 is 10.0 Å². The van der Waals surface area contributed by atoms with Crippen molar-refractivity contribution in [2.24, 2.45) is 4.99 Å². The Hall–Kier alpha value is -1.69. The van der Waals surface area contributed by atoms with Crippen LogP contribution in [-0.2, 0) is 23.1 Å². The molecule has 1 N–H and O–H groups in total. The fourth-order valence-corrected chi connectivity index (χ4v) is 4.43. The maximum atomic E-state index is 12.2. The number of guanidine groups is 1. The van der Waals surface area contributed by atoms with Gasteiger partial charge in [0.2, 0.25) is 10.0 Å². The Bertz CT molecular complexity index is 958. The third-order valence-electron chi connectivity index (χ3n) is 5.37. The highest BCUT2D eigenvalue weighted by molar-refractivity contribution is 14.0. The Balaban J connectivity index is 0.00000363. The number of rotatable bonds is 7. The van der Waals surface area contributed by atoms with E-state index in [-0.39, 0.29) is 24.0 Å². The highest BCUT2D eigenvalue weighted by atomic mass is 127. The topological polar surface area (TPSA) is 68.2 Å². The molecule has 1 heterocycles. The molecule has 176 valence electrons. The van der Waals surface area contributed by atoms with Crippen LogP contribution in [-0.4, -0.2) is 75.3 Å². The van der Waals surface area contributed by atoms with Crippen LogP contribution < -0.4 is 5.32 Å². The quantitative estimate of drug-likeness (QED) is 0.315. The zero-order valence-corrected chi connectivity index (χ0v) is 22.2. The second kappa shape index (κ2) is 12.5. The first kappa shape index (κ1) is 26.6. The number of aliphatic imine (C=N–C) groups is 1. The van der Waals surface area contributed by atoms with E-state index in [1.165, 1.54) is 24.0 Å². The van der Waals surface area contributed by atoms with Crippen LogP contribution in [0.15, 0.2) is 64.5 Å². The second-order valence-electron chi connectivity index (χ2n) is 7.85. The van der Waals surface area contributed by atoms with Gasteiger partial charge >= 0.3 is 0 Å². The van der Waals surface area contributed by atoms with Crippen molar-refractivity contribution in [1.29, 1.82) is 0 Å². The molecule has 0 aromatic heterocycles. The summed E-state index contributed by atoms with van der Waals surface area (Å²) in [5, 5.41) is 3.39. The number of halogens is 1. The average Bonchev–Trinajstić information content (AvgIpc) is 2.78. The Morgan fingerprint density at radius 2 is 1.59 bits per heavy atom. The Kier molecular flexibility index (Phi) is 10.4. The van der Waals surface area contributed by atoms with Gasteiger partial charge in [0, 0.05) is 53.4 Å². The molecule has 0 radical (unpaired) electrons. The lowest BCUT2D eigenvalue weighted by Gasteiger charge is -2.36. The van der Waals surface area contributed by atoms with Crippen LogP contribution >= 0.6 is 24.0 Å². The summed E-state index contributed by atoms with van der Waals surface area (Å²) in [7, 11) is -0.331. The van der Waals surface area contributed by atoms with Gasteiger partial charge in [-0.3, -0.25) is 4.90 Å². The maximum absolute atomic E-state index is 12.2. The number of hydrogen-bond donors (Lipinski definition) is 1. The number of piperazine rings is 1. The van der Waals surface area contributed by atoms with Crippen molar-refractivity contribution in [3.8, 4) is 0 Å². The molecule has 7 nitrogen and oxygen atoms in total. The van der Waals surface area contributed by atoms with Gasteiger partial charge in [0.05, 0.1) is 11.4 Å². The van der Waals surface area contributed by atoms with Gasteiger partial charge in [-0.25, -0.2) is 17.7 Å². The first-order valence-electron chi connectivity index (χ1n) is 10.7. The van der Waals surface area contributed by atoms with Gasteiger partial charge in [0.15, 0.2) is 5.96 Å². The molecule has 1 saturated heterocycles. The predicted molar refractivity (Wildman–Crippen MR) is 141 cm³/mol. The van der Waals surface area contributed by atoms with Crippen LogP contribution in [0.2, 0.25) is 0 Å². The second-order valence-corrected chi connectivity index (χ2v) is 10.0. The van der Waals surface area contributed by atoms with Crippen LogP contribution in [0, 0.1) is 0 Å². The van der Waals surface area contributed by atoms with Gasteiger partial charge < -0.3 is 10.2 Å². The van der Waals surface area contributed by atoms with E-state index in [4.69, 9.17) is 4.99 Å². The standard InChI is InChI=1S/C23H33N5O2S.HI/c1-4-24-23(25-18-20-10-12-22(13-11-20)31(29,30)26(2)3)28-16-14-27(15-17-28)19-21-8-6-5-7-9-21;/h5-13H,4,14-19H2,1-3H3,(H,24,25);1H. The fourth-order valence-electron chi connectivity index (χ4n) is 3.53. The summed E-state index contributed by atoms with van der Waals surface area (Å²) >= 11 is 0. The first-order chi connectivity index (χ1) is 14.9. The van der Waals surface area contributed by atoms with Gasteiger partial charge in [-0.1, -0.05) is 42.5 Å². The SMILES string of the molecule is CCNC(=NCc1ccc(S(=O)(=O)N(C)C)cc1)N1CCN(Cc2ccccc2)CC1.I. The largest absolute Gasteiger partial charge is 0.357 e. The van der Waals surface area contributed by atoms with Crippen molar-refractivity contribution in [3.05, 3.63) is 65.7 Å². The molecule has 2 aromatic rings. The van der Waals surface area contributed by atoms with Crippen LogP contribution in [0.4, 0.5) is 0 Å². The molecule has 2 aromatic carbocycles. The number of nitrogens with zero attached hydrogens (tertiary/aromatic N) is 4. The van der Waals surface area contributed by atoms with Crippen molar-refractivity contribution in [2.75, 3.05) is 46.8 Å². The Labute approximate surface area is 209 Å². The molecular formula is C23H34IN5O2S. The van der Waals surface area contributed by atoms with E-state index in [2.05, 4.69) is 52.4 Å². The molecule has 0 spiro atoms. The molecule has 1 aliphatic rings. The molecule has 0 bridgehead atoms. The molecule has 0 atom stereocenters. The van der Waals surface area contributed by atoms with Gasteiger partial charge in [0.1, 0.15) is 0 Å². The van der Waals surface area contributed by atoms with Crippen LogP contribution in [0.1, 0.15) is 18.1 Å². The third kappa shape index (κ3) is 7.16. The van der Waals surface area contributed by atoms with Gasteiger partial charge in [-0.2, -0.15) is 0 Å². The lowest BCUT2D eigenvalue weighted by molar-refractivity contribution is 0.172. The van der Waals surface area contributed by atoms with Crippen LogP contribution in [0.5, 0.6) is 0 Å². The first-order valence-corrected chi connectivity index (χ1v) is 12.1. The third-order valence-corrected chi connectivity index (χ3v) is 7.20. The summed E-state index contributed by atoms with van der Waals surface area (Å²) in [4.78, 5) is 9.87. The highest BCUT2D eigenvalue weighted by Gasteiger charge is 2.20. The smallest absolute Gasteiger partial charge is 0.242 e. The lowest BCUT2D eigenvalue weighted by atomic mass is 10.2. The minimum Gasteiger partial charge on any atom is -0.357 e. The monoisotopic (exact) mass is 571 g/mol. The zero-order chi connectivity index (χ0) is 22.3. The van der Waals surface area contributed by atoms with E-state index in [1.54, 1.807) is 12.1 Å². The maximum Gasteiger partial charge on any atom is 0.242 e. The van der Waals surface area contributed by atoms with E-state index in [0.717, 1.165) is 50.8 Å². The lowest BCUT2D eigenvalue weighted by Crippen LogP contribution is -2.52. The molecule has 32 heavy (non-hydrogen) atoms. The number of nitrogens with one attached hydrogen (secondary N) is 1. The fraction of sp³-hybridized carbons (Fsp3) is 0.435. The predicted octanol–water partition coefficient (Wildman–Crippen LogP) is 2.84. The van der Waals surface area contributed by atoms with Crippen LogP contribution in [0.25, 0.3) is 0 Å². The number of hydrogen-bond acceptors (Lipinski definition) is 4. The van der Waals surface area contributed by atoms with Gasteiger partial charge in [-0.05, 0) is 30.2 Å². The molecule has 0 unspecified atom stereocenters. The van der Waals surface area contributed by atoms with Gasteiger partial charge in [-0.15, -0.1) is 24.0 Å².